The van der Waals surface area contributed by atoms with Crippen LogP contribution in [-0.2, 0) is 0 Å². The SMILES string of the molecule is c1n[nH]nc1C1CC1. The van der Waals surface area contributed by atoms with Gasteiger partial charge in [0.2, 0.25) is 0 Å². The number of hydrogen-bond donors (Lipinski definition) is 1. The second-order valence-corrected chi connectivity index (χ2v) is 2.17. The molecule has 1 saturated carbocycles. The third-order valence-electron chi connectivity index (χ3n) is 1.43. The van der Waals surface area contributed by atoms with Crippen molar-refractivity contribution < 1.29 is 0 Å². The van der Waals surface area contributed by atoms with Crippen LogP contribution >= 0.6 is 0 Å². The van der Waals surface area contributed by atoms with Crippen LogP contribution in [0.1, 0.15) is 24.5 Å². The zero-order chi connectivity index (χ0) is 5.40. The predicted molar refractivity (Wildman–Crippen MR) is 28.4 cm³/mol. The minimum absolute atomic E-state index is 0.730. The summed E-state index contributed by atoms with van der Waals surface area (Å²) < 4.78 is 0. The van der Waals surface area contributed by atoms with Crippen molar-refractivity contribution in [2.45, 2.75) is 18.8 Å². The number of aromatic amines is 1. The van der Waals surface area contributed by atoms with E-state index < -0.39 is 0 Å². The maximum absolute atomic E-state index is 3.94. The molecule has 1 aliphatic rings. The molecule has 1 aliphatic carbocycles. The lowest BCUT2D eigenvalue weighted by Gasteiger charge is -1.78. The Morgan fingerprint density at radius 2 is 2.50 bits per heavy atom. The molecule has 1 fully saturated rings. The molecule has 0 radical (unpaired) electrons. The molecule has 2 rings (SSSR count). The lowest BCUT2D eigenvalue weighted by molar-refractivity contribution is 0.904. The molecule has 0 aromatic carbocycles. The van der Waals surface area contributed by atoms with Crippen LogP contribution in [0, 0.1) is 0 Å². The van der Waals surface area contributed by atoms with Crippen LogP contribution in [0.2, 0.25) is 0 Å². The summed E-state index contributed by atoms with van der Waals surface area (Å²) in [5, 5.41) is 10.2. The van der Waals surface area contributed by atoms with E-state index in [1.807, 2.05) is 0 Å². The molecule has 0 aliphatic heterocycles. The van der Waals surface area contributed by atoms with Gasteiger partial charge in [-0.25, -0.2) is 0 Å². The van der Waals surface area contributed by atoms with Gasteiger partial charge in [0.05, 0.1) is 11.9 Å². The highest BCUT2D eigenvalue weighted by molar-refractivity contribution is 5.07. The molecule has 1 heterocycles. The molecule has 0 unspecified atom stereocenters. The first-order valence-electron chi connectivity index (χ1n) is 2.82. The number of nitrogens with zero attached hydrogens (tertiary/aromatic N) is 2. The van der Waals surface area contributed by atoms with E-state index in [0.717, 1.165) is 11.6 Å². The van der Waals surface area contributed by atoms with Crippen molar-refractivity contribution in [3.8, 4) is 0 Å². The molecule has 0 saturated heterocycles. The summed E-state index contributed by atoms with van der Waals surface area (Å²) in [6.45, 7) is 0. The van der Waals surface area contributed by atoms with Gasteiger partial charge in [-0.3, -0.25) is 0 Å². The molecule has 0 bridgehead atoms. The van der Waals surface area contributed by atoms with Crippen molar-refractivity contribution in [3.63, 3.8) is 0 Å². The molecule has 1 aromatic rings. The van der Waals surface area contributed by atoms with Crippen LogP contribution in [0.15, 0.2) is 6.20 Å². The fraction of sp³-hybridized carbons (Fsp3) is 0.600. The fourth-order valence-corrected chi connectivity index (χ4v) is 0.786. The van der Waals surface area contributed by atoms with Crippen molar-refractivity contribution in [1.82, 2.24) is 15.4 Å². The summed E-state index contributed by atoms with van der Waals surface area (Å²) in [6, 6.07) is 0. The van der Waals surface area contributed by atoms with Crippen LogP contribution in [-0.4, -0.2) is 15.4 Å². The van der Waals surface area contributed by atoms with Gasteiger partial charge in [-0.05, 0) is 12.8 Å². The van der Waals surface area contributed by atoms with E-state index in [4.69, 9.17) is 0 Å². The molecular weight excluding hydrogens is 102 g/mol. The average Bonchev–Trinajstić information content (AvgIpc) is 2.49. The summed E-state index contributed by atoms with van der Waals surface area (Å²) in [7, 11) is 0. The molecule has 8 heavy (non-hydrogen) atoms. The fourth-order valence-electron chi connectivity index (χ4n) is 0.786. The zero-order valence-electron chi connectivity index (χ0n) is 4.46. The molecule has 3 nitrogen and oxygen atoms in total. The minimum Gasteiger partial charge on any atom is -0.198 e. The van der Waals surface area contributed by atoms with Crippen molar-refractivity contribution in [3.05, 3.63) is 11.9 Å². The Morgan fingerprint density at radius 3 is 3.00 bits per heavy atom. The molecule has 0 atom stereocenters. The van der Waals surface area contributed by atoms with E-state index in [-0.39, 0.29) is 0 Å². The van der Waals surface area contributed by atoms with Gasteiger partial charge in [-0.2, -0.15) is 15.4 Å². The average molecular weight is 109 g/mol. The normalized spacial score (nSPS) is 19.0. The summed E-state index contributed by atoms with van der Waals surface area (Å²) in [5.74, 6) is 0.730. The number of hydrogen-bond acceptors (Lipinski definition) is 2. The van der Waals surface area contributed by atoms with Gasteiger partial charge in [-0.1, -0.05) is 0 Å². The van der Waals surface area contributed by atoms with Gasteiger partial charge in [0.15, 0.2) is 0 Å². The predicted octanol–water partition coefficient (Wildman–Crippen LogP) is 0.682. The van der Waals surface area contributed by atoms with Crippen LogP contribution in [0.25, 0.3) is 0 Å². The number of H-pyrrole nitrogens is 1. The Kier molecular flexibility index (Phi) is 0.664. The van der Waals surface area contributed by atoms with Crippen molar-refractivity contribution in [1.29, 1.82) is 0 Å². The van der Waals surface area contributed by atoms with Gasteiger partial charge in [0.1, 0.15) is 0 Å². The first-order chi connectivity index (χ1) is 3.97. The van der Waals surface area contributed by atoms with Crippen LogP contribution in [0.4, 0.5) is 0 Å². The Balaban J connectivity index is 2.28. The third-order valence-corrected chi connectivity index (χ3v) is 1.43. The lowest BCUT2D eigenvalue weighted by Crippen LogP contribution is -1.75. The van der Waals surface area contributed by atoms with Crippen LogP contribution in [0.3, 0.4) is 0 Å². The minimum atomic E-state index is 0.730. The smallest absolute Gasteiger partial charge is 0.0855 e. The molecule has 42 valence electrons. The maximum Gasteiger partial charge on any atom is 0.0855 e. The largest absolute Gasteiger partial charge is 0.198 e. The van der Waals surface area contributed by atoms with Gasteiger partial charge < -0.3 is 0 Å². The Labute approximate surface area is 47.1 Å². The lowest BCUT2D eigenvalue weighted by atomic mass is 10.3. The van der Waals surface area contributed by atoms with E-state index >= 15 is 0 Å². The molecule has 0 amide bonds. The standard InChI is InChI=1S/C5H7N3/c1-2-4(1)5-3-6-8-7-5/h3-4H,1-2H2,(H,6,7,8). The Morgan fingerprint density at radius 1 is 1.62 bits per heavy atom. The van der Waals surface area contributed by atoms with Crippen LogP contribution < -0.4 is 0 Å². The van der Waals surface area contributed by atoms with E-state index in [1.54, 1.807) is 6.20 Å². The summed E-state index contributed by atoms with van der Waals surface area (Å²) >= 11 is 0. The highest BCUT2D eigenvalue weighted by atomic mass is 15.3. The second-order valence-electron chi connectivity index (χ2n) is 2.17. The highest BCUT2D eigenvalue weighted by Gasteiger charge is 2.25. The van der Waals surface area contributed by atoms with Crippen molar-refractivity contribution >= 4 is 0 Å². The van der Waals surface area contributed by atoms with E-state index in [0.29, 0.717) is 0 Å². The summed E-state index contributed by atoms with van der Waals surface area (Å²) in [4.78, 5) is 0. The second kappa shape index (κ2) is 1.31. The van der Waals surface area contributed by atoms with E-state index in [2.05, 4.69) is 15.4 Å². The Hall–Kier alpha value is -0.860. The van der Waals surface area contributed by atoms with Crippen LogP contribution in [0.5, 0.6) is 0 Å². The van der Waals surface area contributed by atoms with Crippen molar-refractivity contribution in [2.24, 2.45) is 0 Å². The summed E-state index contributed by atoms with van der Waals surface area (Å²) in [5.41, 5.74) is 1.13. The van der Waals surface area contributed by atoms with E-state index in [9.17, 15) is 0 Å². The first kappa shape index (κ1) is 4.06. The van der Waals surface area contributed by atoms with Gasteiger partial charge in [-0.15, -0.1) is 0 Å². The molecule has 3 heteroatoms. The van der Waals surface area contributed by atoms with Gasteiger partial charge in [0.25, 0.3) is 0 Å². The highest BCUT2D eigenvalue weighted by Crippen LogP contribution is 2.38. The van der Waals surface area contributed by atoms with Gasteiger partial charge in [0, 0.05) is 5.92 Å². The quantitative estimate of drug-likeness (QED) is 0.576. The monoisotopic (exact) mass is 109 g/mol. The van der Waals surface area contributed by atoms with E-state index in [1.165, 1.54) is 12.8 Å². The maximum atomic E-state index is 3.94. The van der Waals surface area contributed by atoms with Crippen molar-refractivity contribution in [2.75, 3.05) is 0 Å². The molecular formula is C5H7N3. The Bertz CT molecular complexity index is 164. The molecule has 1 aromatic heterocycles. The number of rotatable bonds is 1. The number of aromatic nitrogens is 3. The molecule has 0 spiro atoms. The van der Waals surface area contributed by atoms with Gasteiger partial charge >= 0.3 is 0 Å². The number of nitrogens with one attached hydrogen (secondary N) is 1. The zero-order valence-corrected chi connectivity index (χ0v) is 4.46. The third kappa shape index (κ3) is 0.510. The summed E-state index contributed by atoms with van der Waals surface area (Å²) in [6.07, 6.45) is 4.40. The topological polar surface area (TPSA) is 41.6 Å². The first-order valence-corrected chi connectivity index (χ1v) is 2.82. The molecule has 1 N–H and O–H groups in total.